The first-order valence-electron chi connectivity index (χ1n) is 5.51. The third kappa shape index (κ3) is 40.5. The summed E-state index contributed by atoms with van der Waals surface area (Å²) in [5, 5.41) is 56.1. The normalized spacial score (nSPS) is 7.50. The molecule has 178 valence electrons. The zero-order valence-electron chi connectivity index (χ0n) is 13.8. The van der Waals surface area contributed by atoms with Crippen LogP contribution in [0.15, 0.2) is 0 Å². The fraction of sp³-hybridized carbons (Fsp3) is 0. The minimum atomic E-state index is -2.20. The third-order valence-corrected chi connectivity index (χ3v) is 1.000. The molecular formula is C9O21Ru2. The fourth-order valence-electron chi connectivity index (χ4n) is 0.471. The second-order valence-corrected chi connectivity index (χ2v) is 2.86. The van der Waals surface area contributed by atoms with Crippen molar-refractivity contribution in [3.05, 3.63) is 0 Å². The summed E-state index contributed by atoms with van der Waals surface area (Å²) in [5.74, 6) is 0. The second kappa shape index (κ2) is 21.6. The van der Waals surface area contributed by atoms with Gasteiger partial charge in [-0.05, 0) is 0 Å². The average molecular weight is 646 g/mol. The van der Waals surface area contributed by atoms with Gasteiger partial charge in [0, 0.05) is 0 Å². The average Bonchev–Trinajstić information content (AvgIpc) is 2.42. The van der Waals surface area contributed by atoms with Crippen molar-refractivity contribution in [2.45, 2.75) is 0 Å². The number of hydrogen-bond donors (Lipinski definition) is 0. The molecule has 0 aromatic rings. The maximum Gasteiger partial charge on any atom is 3.00 e. The third-order valence-electron chi connectivity index (χ3n) is 1.000. The molecule has 0 heterocycles. The summed E-state index contributed by atoms with van der Waals surface area (Å²) in [6.45, 7) is 0. The Labute approximate surface area is 196 Å². The van der Waals surface area contributed by atoms with Crippen LogP contribution in [0.3, 0.4) is 0 Å². The van der Waals surface area contributed by atoms with Crippen LogP contribution >= 0.6 is 0 Å². The van der Waals surface area contributed by atoms with Gasteiger partial charge in [-0.2, -0.15) is 0 Å². The van der Waals surface area contributed by atoms with Crippen molar-refractivity contribution >= 4 is 55.4 Å². The minimum absolute atomic E-state index is 0. The molecule has 32 heavy (non-hydrogen) atoms. The molecule has 0 atom stereocenters. The van der Waals surface area contributed by atoms with Crippen LogP contribution in [-0.2, 0) is 67.4 Å². The molecule has 23 heteroatoms. The summed E-state index contributed by atoms with van der Waals surface area (Å²) in [5.41, 5.74) is 0. The monoisotopic (exact) mass is 648 g/mol. The number of carboxylic acid groups (broad SMARTS) is 6. The van der Waals surface area contributed by atoms with Crippen LogP contribution in [0.5, 0.6) is 0 Å². The van der Waals surface area contributed by atoms with Crippen LogP contribution in [-0.4, -0.2) is 55.4 Å². The van der Waals surface area contributed by atoms with Crippen LogP contribution in [0.4, 0.5) is 43.2 Å². The number of carbonyl (C=O) groups is 9. The first-order chi connectivity index (χ1) is 13.6. The Bertz CT molecular complexity index is 561. The zero-order valence-corrected chi connectivity index (χ0v) is 17.3. The molecule has 21 nitrogen and oxygen atoms in total. The molecule has 0 bridgehead atoms. The van der Waals surface area contributed by atoms with E-state index in [1.54, 1.807) is 0 Å². The summed E-state index contributed by atoms with van der Waals surface area (Å²) in [6.07, 6.45) is -19.0. The predicted molar refractivity (Wildman–Crippen MR) is 55.1 cm³/mol. The number of ether oxygens (including phenoxy) is 6. The SMILES string of the molecule is O=C([O-])OC(=O)OC(=O)[O-].O=C([O-])OC(=O)OC(=O)[O-].O=C([O-])OC(=O)OC(=O)[O-].[Ru+3].[Ru+3]. The quantitative estimate of drug-likeness (QED) is 0.102. The van der Waals surface area contributed by atoms with E-state index in [0.29, 0.717) is 0 Å². The van der Waals surface area contributed by atoms with Gasteiger partial charge in [-0.25, -0.2) is 14.4 Å². The molecular weight excluding hydrogens is 646 g/mol. The van der Waals surface area contributed by atoms with Gasteiger partial charge in [0.25, 0.3) is 36.9 Å². The molecule has 0 saturated heterocycles. The Morgan fingerprint density at radius 2 is 0.406 bits per heavy atom. The maximum absolute atomic E-state index is 9.78. The molecule has 0 spiro atoms. The molecule has 2 radical (unpaired) electrons. The molecule has 0 fully saturated rings. The molecule has 0 rings (SSSR count). The van der Waals surface area contributed by atoms with E-state index in [0.717, 1.165) is 0 Å². The second-order valence-electron chi connectivity index (χ2n) is 2.86. The van der Waals surface area contributed by atoms with Crippen molar-refractivity contribution in [2.75, 3.05) is 0 Å². The van der Waals surface area contributed by atoms with Gasteiger partial charge >= 0.3 is 57.4 Å². The van der Waals surface area contributed by atoms with Crippen molar-refractivity contribution in [1.82, 2.24) is 0 Å². The Kier molecular flexibility index (Phi) is 26.0. The number of rotatable bonds is 0. The zero-order chi connectivity index (χ0) is 24.4. The van der Waals surface area contributed by atoms with Crippen molar-refractivity contribution in [3.8, 4) is 0 Å². The van der Waals surface area contributed by atoms with Crippen molar-refractivity contribution in [1.29, 1.82) is 0 Å². The van der Waals surface area contributed by atoms with Gasteiger partial charge in [0.1, 0.15) is 0 Å². The molecule has 0 aromatic heterocycles. The van der Waals surface area contributed by atoms with E-state index < -0.39 is 55.4 Å². The van der Waals surface area contributed by atoms with E-state index in [2.05, 4.69) is 28.4 Å². The number of carbonyl (C=O) groups excluding carboxylic acids is 9. The fourth-order valence-corrected chi connectivity index (χ4v) is 0.471. The van der Waals surface area contributed by atoms with Gasteiger partial charge in [-0.15, -0.1) is 0 Å². The molecule has 0 unspecified atom stereocenters. The van der Waals surface area contributed by atoms with Crippen molar-refractivity contribution in [3.63, 3.8) is 0 Å². The van der Waals surface area contributed by atoms with Gasteiger partial charge in [0.2, 0.25) is 0 Å². The van der Waals surface area contributed by atoms with Crippen LogP contribution in [0.25, 0.3) is 0 Å². The Hall–Kier alpha value is -4.12. The van der Waals surface area contributed by atoms with Crippen LogP contribution in [0, 0.1) is 0 Å². The van der Waals surface area contributed by atoms with Gasteiger partial charge in [-0.1, -0.05) is 0 Å². The van der Waals surface area contributed by atoms with Crippen molar-refractivity contribution < 1.29 is 141 Å². The smallest absolute Gasteiger partial charge is 0.467 e. The maximum atomic E-state index is 9.78. The minimum Gasteiger partial charge on any atom is -0.467 e. The molecule has 0 aliphatic carbocycles. The number of hydrogen-bond acceptors (Lipinski definition) is 21. The standard InChI is InChI=1S/3C3H2O7.2Ru/c3*4-1(5)9-3(8)10-2(6)7;;/h3*(H,4,5)(H,6,7);;/q;;;2*+3/p-6. The molecule has 0 aromatic carbocycles. The topological polar surface area (TPSA) is 347 Å². The summed E-state index contributed by atoms with van der Waals surface area (Å²) in [4.78, 5) is 85.4. The summed E-state index contributed by atoms with van der Waals surface area (Å²) in [6, 6.07) is 0. The van der Waals surface area contributed by atoms with E-state index in [4.69, 9.17) is 0 Å². The van der Waals surface area contributed by atoms with Crippen LogP contribution in [0.1, 0.15) is 0 Å². The largest absolute Gasteiger partial charge is 3.00 e. The summed E-state index contributed by atoms with van der Waals surface area (Å²) >= 11 is 0. The van der Waals surface area contributed by atoms with Crippen molar-refractivity contribution in [2.24, 2.45) is 0 Å². The molecule has 0 aliphatic heterocycles. The van der Waals surface area contributed by atoms with Gasteiger partial charge < -0.3 is 87.8 Å². The van der Waals surface area contributed by atoms with E-state index in [1.807, 2.05) is 0 Å². The van der Waals surface area contributed by atoms with E-state index in [-0.39, 0.29) is 39.0 Å². The Morgan fingerprint density at radius 1 is 0.312 bits per heavy atom. The molecule has 0 N–H and O–H groups in total. The van der Waals surface area contributed by atoms with Gasteiger partial charge in [0.15, 0.2) is 0 Å². The van der Waals surface area contributed by atoms with Gasteiger partial charge in [0.05, 0.1) is 0 Å². The van der Waals surface area contributed by atoms with E-state index in [1.165, 1.54) is 0 Å². The molecule has 0 amide bonds. The Morgan fingerprint density at radius 3 is 0.469 bits per heavy atom. The summed E-state index contributed by atoms with van der Waals surface area (Å²) < 4.78 is 18.5. The summed E-state index contributed by atoms with van der Waals surface area (Å²) in [7, 11) is 0. The van der Waals surface area contributed by atoms with Gasteiger partial charge in [-0.3, -0.25) is 0 Å². The predicted octanol–water partition coefficient (Wildman–Crippen LogP) is -6.53. The van der Waals surface area contributed by atoms with Crippen LogP contribution < -0.4 is 30.6 Å². The molecule has 0 aliphatic rings. The first kappa shape index (κ1) is 38.5. The molecule has 0 saturated carbocycles. The van der Waals surface area contributed by atoms with E-state index >= 15 is 0 Å². The first-order valence-corrected chi connectivity index (χ1v) is 5.51. The van der Waals surface area contributed by atoms with Crippen LogP contribution in [0.2, 0.25) is 0 Å². The Balaban J connectivity index is -0.000000110. The van der Waals surface area contributed by atoms with E-state index in [9.17, 15) is 73.8 Å².